The molecule has 1 aliphatic rings. The number of amidine groups is 1. The molecule has 0 saturated heterocycles. The topological polar surface area (TPSA) is 50.7 Å². The quantitative estimate of drug-likeness (QED) is 0.525. The second-order valence-corrected chi connectivity index (χ2v) is 7.29. The van der Waals surface area contributed by atoms with Crippen LogP contribution in [0.25, 0.3) is 6.08 Å². The number of carbonyl (C=O) groups is 1. The van der Waals surface area contributed by atoms with Crippen molar-refractivity contribution in [2.24, 2.45) is 4.99 Å². The van der Waals surface area contributed by atoms with Crippen molar-refractivity contribution in [1.29, 1.82) is 0 Å². The lowest BCUT2D eigenvalue weighted by Crippen LogP contribution is -2.13. The minimum Gasteiger partial charge on any atom is -0.494 e. The predicted octanol–water partition coefficient (Wildman–Crippen LogP) is 5.28. The number of ether oxygens (including phenoxy) is 1. The van der Waals surface area contributed by atoms with E-state index in [1.807, 2.05) is 54.6 Å². The zero-order valence-electron chi connectivity index (χ0n) is 15.5. The predicted molar refractivity (Wildman–Crippen MR) is 115 cm³/mol. The molecular formula is C22H24N2O2S. The van der Waals surface area contributed by atoms with E-state index >= 15 is 0 Å². The van der Waals surface area contributed by atoms with Crippen molar-refractivity contribution < 1.29 is 9.53 Å². The Morgan fingerprint density at radius 3 is 2.63 bits per heavy atom. The molecule has 0 spiro atoms. The van der Waals surface area contributed by atoms with Crippen molar-refractivity contribution in [1.82, 2.24) is 0 Å². The SMILES string of the molecule is CCCOc1ccc(C=CC(=O)c2ccc(NC3=NCCCS3)cc2)cc1. The van der Waals surface area contributed by atoms with Crippen LogP contribution in [0.4, 0.5) is 5.69 Å². The number of anilines is 1. The Balaban J connectivity index is 1.57. The Morgan fingerprint density at radius 1 is 1.19 bits per heavy atom. The van der Waals surface area contributed by atoms with E-state index < -0.39 is 0 Å². The fourth-order valence-electron chi connectivity index (χ4n) is 2.54. The number of rotatable bonds is 7. The molecule has 0 bridgehead atoms. The van der Waals surface area contributed by atoms with E-state index in [0.29, 0.717) is 12.2 Å². The van der Waals surface area contributed by atoms with Gasteiger partial charge in [0.25, 0.3) is 0 Å². The molecule has 0 saturated carbocycles. The average molecular weight is 381 g/mol. The first kappa shape index (κ1) is 19.2. The number of allylic oxidation sites excluding steroid dienone is 1. The van der Waals surface area contributed by atoms with E-state index in [-0.39, 0.29) is 5.78 Å². The second kappa shape index (κ2) is 9.97. The molecule has 5 heteroatoms. The van der Waals surface area contributed by atoms with Gasteiger partial charge in [0.15, 0.2) is 11.0 Å². The highest BCUT2D eigenvalue weighted by molar-refractivity contribution is 8.14. The first-order valence-corrected chi connectivity index (χ1v) is 10.2. The van der Waals surface area contributed by atoms with Gasteiger partial charge in [-0.2, -0.15) is 0 Å². The largest absolute Gasteiger partial charge is 0.494 e. The monoisotopic (exact) mass is 380 g/mol. The number of benzene rings is 2. The number of thioether (sulfide) groups is 1. The summed E-state index contributed by atoms with van der Waals surface area (Å²) in [6.45, 7) is 3.67. The van der Waals surface area contributed by atoms with Crippen molar-refractivity contribution >= 4 is 34.5 Å². The minimum absolute atomic E-state index is 0.0164. The number of ketones is 1. The van der Waals surface area contributed by atoms with Crippen molar-refractivity contribution in [3.8, 4) is 5.75 Å². The maximum Gasteiger partial charge on any atom is 0.185 e. The van der Waals surface area contributed by atoms with Gasteiger partial charge in [-0.1, -0.05) is 36.9 Å². The van der Waals surface area contributed by atoms with Gasteiger partial charge >= 0.3 is 0 Å². The van der Waals surface area contributed by atoms with Crippen molar-refractivity contribution in [2.45, 2.75) is 19.8 Å². The minimum atomic E-state index is -0.0164. The smallest absolute Gasteiger partial charge is 0.185 e. The molecule has 0 fully saturated rings. The zero-order valence-corrected chi connectivity index (χ0v) is 16.3. The van der Waals surface area contributed by atoms with Crippen molar-refractivity contribution in [2.75, 3.05) is 24.2 Å². The van der Waals surface area contributed by atoms with E-state index in [2.05, 4.69) is 17.2 Å². The van der Waals surface area contributed by atoms with Crippen LogP contribution in [0.5, 0.6) is 5.75 Å². The lowest BCUT2D eigenvalue weighted by molar-refractivity contribution is 0.104. The molecule has 0 unspecified atom stereocenters. The first-order valence-electron chi connectivity index (χ1n) is 9.24. The Labute approximate surface area is 164 Å². The number of nitrogens with zero attached hydrogens (tertiary/aromatic N) is 1. The van der Waals surface area contributed by atoms with Gasteiger partial charge in [-0.25, -0.2) is 0 Å². The first-order chi connectivity index (χ1) is 13.2. The van der Waals surface area contributed by atoms with Gasteiger partial charge in [0, 0.05) is 23.5 Å². The zero-order chi connectivity index (χ0) is 18.9. The molecule has 1 aliphatic heterocycles. The summed E-state index contributed by atoms with van der Waals surface area (Å²) >= 11 is 1.73. The van der Waals surface area contributed by atoms with Crippen molar-refractivity contribution in [3.63, 3.8) is 0 Å². The van der Waals surface area contributed by atoms with E-state index in [4.69, 9.17) is 4.74 Å². The fourth-order valence-corrected chi connectivity index (χ4v) is 3.38. The molecule has 0 atom stereocenters. The highest BCUT2D eigenvalue weighted by atomic mass is 32.2. The summed E-state index contributed by atoms with van der Waals surface area (Å²) in [6, 6.07) is 15.2. The number of hydrogen-bond donors (Lipinski definition) is 1. The number of aliphatic imine (C=N–C) groups is 1. The molecular weight excluding hydrogens is 356 g/mol. The van der Waals surface area contributed by atoms with Crippen LogP contribution in [0, 0.1) is 0 Å². The molecule has 2 aromatic rings. The van der Waals surface area contributed by atoms with Gasteiger partial charge in [0.05, 0.1) is 6.61 Å². The second-order valence-electron chi connectivity index (χ2n) is 6.21. The molecule has 0 radical (unpaired) electrons. The highest BCUT2D eigenvalue weighted by Gasteiger charge is 2.07. The normalized spacial score (nSPS) is 14.0. The van der Waals surface area contributed by atoms with Crippen LogP contribution in [0.15, 0.2) is 59.6 Å². The third kappa shape index (κ3) is 6.00. The summed E-state index contributed by atoms with van der Waals surface area (Å²) in [5.74, 6) is 1.93. The van der Waals surface area contributed by atoms with Crippen LogP contribution in [0.2, 0.25) is 0 Å². The molecule has 3 rings (SSSR count). The summed E-state index contributed by atoms with van der Waals surface area (Å²) in [5, 5.41) is 4.25. The molecule has 0 aliphatic carbocycles. The number of nitrogens with one attached hydrogen (secondary N) is 1. The molecule has 0 amide bonds. The summed E-state index contributed by atoms with van der Waals surface area (Å²) in [4.78, 5) is 16.8. The van der Waals surface area contributed by atoms with Gasteiger partial charge in [0.1, 0.15) is 5.75 Å². The maximum atomic E-state index is 12.4. The van der Waals surface area contributed by atoms with Gasteiger partial charge < -0.3 is 10.1 Å². The summed E-state index contributed by atoms with van der Waals surface area (Å²) in [7, 11) is 0. The molecule has 1 heterocycles. The highest BCUT2D eigenvalue weighted by Crippen LogP contribution is 2.18. The van der Waals surface area contributed by atoms with Crippen LogP contribution >= 0.6 is 11.8 Å². The van der Waals surface area contributed by atoms with Crippen LogP contribution in [0.1, 0.15) is 35.7 Å². The molecule has 1 N–H and O–H groups in total. The van der Waals surface area contributed by atoms with Crippen LogP contribution in [-0.2, 0) is 0 Å². The Hall–Kier alpha value is -2.53. The van der Waals surface area contributed by atoms with Gasteiger partial charge in [-0.15, -0.1) is 0 Å². The third-order valence-corrected chi connectivity index (χ3v) is 4.99. The van der Waals surface area contributed by atoms with E-state index in [9.17, 15) is 4.79 Å². The third-order valence-electron chi connectivity index (χ3n) is 4.00. The standard InChI is InChI=1S/C22H24N2O2S/c1-2-15-26-20-11-4-17(5-12-20)6-13-21(25)18-7-9-19(10-8-18)24-22-23-14-3-16-27-22/h4-13H,2-3,14-16H2,1H3,(H,23,24). The number of hydrogen-bond acceptors (Lipinski definition) is 5. The van der Waals surface area contributed by atoms with Crippen LogP contribution in [0.3, 0.4) is 0 Å². The lowest BCUT2D eigenvalue weighted by Gasteiger charge is -2.13. The molecule has 2 aromatic carbocycles. The van der Waals surface area contributed by atoms with E-state index in [0.717, 1.165) is 47.3 Å². The molecule has 4 nitrogen and oxygen atoms in total. The molecule has 0 aromatic heterocycles. The van der Waals surface area contributed by atoms with Gasteiger partial charge in [-0.05, 0) is 60.9 Å². The van der Waals surface area contributed by atoms with Gasteiger partial charge in [-0.3, -0.25) is 9.79 Å². The summed E-state index contributed by atoms with van der Waals surface area (Å²) in [6.07, 6.45) is 5.54. The average Bonchev–Trinajstić information content (AvgIpc) is 2.72. The molecule has 140 valence electrons. The Kier molecular flexibility index (Phi) is 7.11. The number of carbonyl (C=O) groups excluding carboxylic acids is 1. The van der Waals surface area contributed by atoms with Crippen LogP contribution < -0.4 is 10.1 Å². The van der Waals surface area contributed by atoms with Crippen LogP contribution in [-0.4, -0.2) is 29.9 Å². The van der Waals surface area contributed by atoms with E-state index in [1.54, 1.807) is 17.8 Å². The van der Waals surface area contributed by atoms with Gasteiger partial charge in [0.2, 0.25) is 0 Å². The maximum absolute atomic E-state index is 12.4. The Bertz CT molecular complexity index is 811. The molecule has 27 heavy (non-hydrogen) atoms. The lowest BCUT2D eigenvalue weighted by atomic mass is 10.1. The summed E-state index contributed by atoms with van der Waals surface area (Å²) < 4.78 is 5.56. The fraction of sp³-hybridized carbons (Fsp3) is 0.273. The van der Waals surface area contributed by atoms with E-state index in [1.165, 1.54) is 0 Å². The summed E-state index contributed by atoms with van der Waals surface area (Å²) in [5.41, 5.74) is 2.59. The Morgan fingerprint density at radius 2 is 1.96 bits per heavy atom. The van der Waals surface area contributed by atoms with Crippen molar-refractivity contribution in [3.05, 3.63) is 65.7 Å².